The highest BCUT2D eigenvalue weighted by Gasteiger charge is 2.32. The number of furan rings is 1. The fraction of sp³-hybridized carbons (Fsp3) is 0.647. The van der Waals surface area contributed by atoms with Gasteiger partial charge in [-0.15, -0.1) is 0 Å². The molecule has 0 aliphatic carbocycles. The molecule has 1 aromatic rings. The number of nitrogens with zero attached hydrogens (tertiary/aromatic N) is 3. The smallest absolute Gasteiger partial charge is 0.257 e. The molecule has 1 atom stereocenters. The zero-order valence-corrected chi connectivity index (χ0v) is 13.7. The van der Waals surface area contributed by atoms with Crippen molar-refractivity contribution in [2.45, 2.75) is 19.8 Å². The summed E-state index contributed by atoms with van der Waals surface area (Å²) in [5.74, 6) is 0.116. The predicted octanol–water partition coefficient (Wildman–Crippen LogP) is 1.30. The molecule has 6 heteroatoms. The highest BCUT2D eigenvalue weighted by molar-refractivity contribution is 5.94. The van der Waals surface area contributed by atoms with Gasteiger partial charge in [-0.1, -0.05) is 6.92 Å². The van der Waals surface area contributed by atoms with Gasteiger partial charge in [-0.25, -0.2) is 0 Å². The van der Waals surface area contributed by atoms with Crippen LogP contribution in [0.3, 0.4) is 0 Å². The van der Waals surface area contributed by atoms with Crippen molar-refractivity contribution in [3.63, 3.8) is 0 Å². The first-order valence-corrected chi connectivity index (χ1v) is 8.51. The average Bonchev–Trinajstić information content (AvgIpc) is 3.15. The maximum absolute atomic E-state index is 12.8. The standard InChI is InChI=1S/C17H25N3O3/c1-2-18-7-9-19(10-8-18)16(21)14-4-3-6-20(12-14)17(22)15-5-11-23-13-15/h5,11,13-14H,2-4,6-10,12H2,1H3. The Morgan fingerprint density at radius 3 is 2.61 bits per heavy atom. The van der Waals surface area contributed by atoms with Crippen molar-refractivity contribution in [2.75, 3.05) is 45.8 Å². The number of carbonyl (C=O) groups excluding carboxylic acids is 2. The van der Waals surface area contributed by atoms with Crippen LogP contribution in [0, 0.1) is 5.92 Å². The van der Waals surface area contributed by atoms with E-state index in [9.17, 15) is 9.59 Å². The van der Waals surface area contributed by atoms with Crippen molar-refractivity contribution in [3.8, 4) is 0 Å². The summed E-state index contributed by atoms with van der Waals surface area (Å²) >= 11 is 0. The van der Waals surface area contributed by atoms with Crippen molar-refractivity contribution < 1.29 is 14.0 Å². The number of likely N-dealkylation sites (N-methyl/N-ethyl adjacent to an activating group) is 1. The Bertz CT molecular complexity index is 535. The molecule has 3 heterocycles. The van der Waals surface area contributed by atoms with E-state index in [1.54, 1.807) is 11.0 Å². The summed E-state index contributed by atoms with van der Waals surface area (Å²) in [7, 11) is 0. The van der Waals surface area contributed by atoms with Gasteiger partial charge >= 0.3 is 0 Å². The Hall–Kier alpha value is -1.82. The van der Waals surface area contributed by atoms with Crippen molar-refractivity contribution in [2.24, 2.45) is 5.92 Å². The molecule has 0 saturated carbocycles. The average molecular weight is 319 g/mol. The molecule has 1 aromatic heterocycles. The topological polar surface area (TPSA) is 57.0 Å². The van der Waals surface area contributed by atoms with Gasteiger partial charge < -0.3 is 19.1 Å². The molecule has 0 aromatic carbocycles. The SMILES string of the molecule is CCN1CCN(C(=O)C2CCCN(C(=O)c3ccoc3)C2)CC1. The van der Waals surface area contributed by atoms with Gasteiger partial charge in [0.05, 0.1) is 17.7 Å². The minimum Gasteiger partial charge on any atom is -0.472 e. The molecule has 6 nitrogen and oxygen atoms in total. The van der Waals surface area contributed by atoms with E-state index in [4.69, 9.17) is 4.42 Å². The van der Waals surface area contributed by atoms with E-state index in [0.29, 0.717) is 12.1 Å². The molecule has 126 valence electrons. The molecule has 2 saturated heterocycles. The summed E-state index contributed by atoms with van der Waals surface area (Å²) in [6, 6.07) is 1.68. The minimum absolute atomic E-state index is 0.0351. The van der Waals surface area contributed by atoms with E-state index in [0.717, 1.165) is 52.1 Å². The molecule has 0 spiro atoms. The molecule has 0 radical (unpaired) electrons. The number of piperidine rings is 1. The van der Waals surface area contributed by atoms with Gasteiger partial charge in [0.1, 0.15) is 6.26 Å². The Morgan fingerprint density at radius 2 is 1.96 bits per heavy atom. The second-order valence-electron chi connectivity index (χ2n) is 6.36. The third kappa shape index (κ3) is 3.58. The lowest BCUT2D eigenvalue weighted by Gasteiger charge is -2.38. The van der Waals surface area contributed by atoms with Gasteiger partial charge in [-0.3, -0.25) is 9.59 Å². The Morgan fingerprint density at radius 1 is 1.17 bits per heavy atom. The summed E-state index contributed by atoms with van der Waals surface area (Å²) in [6.07, 6.45) is 4.74. The van der Waals surface area contributed by atoms with Crippen LogP contribution < -0.4 is 0 Å². The maximum Gasteiger partial charge on any atom is 0.257 e. The Balaban J connectivity index is 1.58. The van der Waals surface area contributed by atoms with Crippen molar-refractivity contribution in [1.82, 2.24) is 14.7 Å². The summed E-state index contributed by atoms with van der Waals surface area (Å²) in [5, 5.41) is 0. The van der Waals surface area contributed by atoms with Gasteiger partial charge in [0.2, 0.25) is 5.91 Å². The zero-order chi connectivity index (χ0) is 16.2. The van der Waals surface area contributed by atoms with E-state index in [-0.39, 0.29) is 17.7 Å². The van der Waals surface area contributed by atoms with Gasteiger partial charge in [0.25, 0.3) is 5.91 Å². The van der Waals surface area contributed by atoms with E-state index in [1.807, 2.05) is 4.90 Å². The molecule has 0 N–H and O–H groups in total. The first-order chi connectivity index (χ1) is 11.2. The molecular formula is C17H25N3O3. The lowest BCUT2D eigenvalue weighted by atomic mass is 9.95. The fourth-order valence-corrected chi connectivity index (χ4v) is 3.47. The number of hydrogen-bond acceptors (Lipinski definition) is 4. The normalized spacial score (nSPS) is 23.1. The number of amides is 2. The lowest BCUT2D eigenvalue weighted by molar-refractivity contribution is -0.138. The number of rotatable bonds is 3. The summed E-state index contributed by atoms with van der Waals surface area (Å²) < 4.78 is 4.99. The summed E-state index contributed by atoms with van der Waals surface area (Å²) in [5.41, 5.74) is 0.564. The summed E-state index contributed by atoms with van der Waals surface area (Å²) in [6.45, 7) is 7.95. The van der Waals surface area contributed by atoms with Crippen LogP contribution in [0.2, 0.25) is 0 Å². The van der Waals surface area contributed by atoms with Gasteiger partial charge in [0.15, 0.2) is 0 Å². The number of piperazine rings is 1. The molecular weight excluding hydrogens is 294 g/mol. The minimum atomic E-state index is -0.0622. The fourth-order valence-electron chi connectivity index (χ4n) is 3.47. The van der Waals surface area contributed by atoms with Crippen LogP contribution >= 0.6 is 0 Å². The Labute approximate surface area is 137 Å². The summed E-state index contributed by atoms with van der Waals surface area (Å²) in [4.78, 5) is 31.3. The van der Waals surface area contributed by atoms with Gasteiger partial charge in [-0.2, -0.15) is 0 Å². The van der Waals surface area contributed by atoms with Crippen LogP contribution in [0.4, 0.5) is 0 Å². The molecule has 2 amide bonds. The molecule has 23 heavy (non-hydrogen) atoms. The zero-order valence-electron chi connectivity index (χ0n) is 13.7. The predicted molar refractivity (Wildman–Crippen MR) is 86.0 cm³/mol. The van der Waals surface area contributed by atoms with Crippen LogP contribution in [0.25, 0.3) is 0 Å². The van der Waals surface area contributed by atoms with Gasteiger partial charge in [0, 0.05) is 39.3 Å². The molecule has 2 aliphatic rings. The molecule has 2 aliphatic heterocycles. The van der Waals surface area contributed by atoms with Crippen molar-refractivity contribution in [1.29, 1.82) is 0 Å². The number of likely N-dealkylation sites (tertiary alicyclic amines) is 1. The molecule has 0 bridgehead atoms. The van der Waals surface area contributed by atoms with Gasteiger partial charge in [-0.05, 0) is 25.5 Å². The highest BCUT2D eigenvalue weighted by Crippen LogP contribution is 2.21. The second-order valence-corrected chi connectivity index (χ2v) is 6.36. The lowest BCUT2D eigenvalue weighted by Crippen LogP contribution is -2.52. The first kappa shape index (κ1) is 16.1. The number of hydrogen-bond donors (Lipinski definition) is 0. The number of carbonyl (C=O) groups is 2. The molecule has 2 fully saturated rings. The molecule has 1 unspecified atom stereocenters. The first-order valence-electron chi connectivity index (χ1n) is 8.51. The van der Waals surface area contributed by atoms with Crippen molar-refractivity contribution >= 4 is 11.8 Å². The van der Waals surface area contributed by atoms with E-state index in [1.165, 1.54) is 12.5 Å². The second kappa shape index (κ2) is 7.17. The monoisotopic (exact) mass is 319 g/mol. The highest BCUT2D eigenvalue weighted by atomic mass is 16.3. The van der Waals surface area contributed by atoms with Crippen LogP contribution in [-0.2, 0) is 4.79 Å². The maximum atomic E-state index is 12.8. The van der Waals surface area contributed by atoms with E-state index in [2.05, 4.69) is 11.8 Å². The molecule has 3 rings (SSSR count). The van der Waals surface area contributed by atoms with Crippen molar-refractivity contribution in [3.05, 3.63) is 24.2 Å². The van der Waals surface area contributed by atoms with E-state index >= 15 is 0 Å². The van der Waals surface area contributed by atoms with Crippen LogP contribution in [0.5, 0.6) is 0 Å². The third-order valence-corrected chi connectivity index (χ3v) is 4.96. The Kier molecular flexibility index (Phi) is 5.00. The van der Waals surface area contributed by atoms with E-state index < -0.39 is 0 Å². The quantitative estimate of drug-likeness (QED) is 0.842. The largest absolute Gasteiger partial charge is 0.472 e. The third-order valence-electron chi connectivity index (χ3n) is 4.96. The van der Waals surface area contributed by atoms with Crippen LogP contribution in [-0.4, -0.2) is 72.3 Å². The van der Waals surface area contributed by atoms with Crippen LogP contribution in [0.15, 0.2) is 23.0 Å². The van der Waals surface area contributed by atoms with Crippen LogP contribution in [0.1, 0.15) is 30.1 Å².